The molecule has 0 N–H and O–H groups in total. The first-order chi connectivity index (χ1) is 51.4. The number of thiol groups is 5. The van der Waals surface area contributed by atoms with Gasteiger partial charge in [-0.15, -0.1) is 63.1 Å². The molecular weight excluding hydrogens is 1460 g/mol. The van der Waals surface area contributed by atoms with Crippen LogP contribution in [-0.2, 0) is 32.1 Å². The van der Waals surface area contributed by atoms with Gasteiger partial charge >= 0.3 is 0 Å². The number of benzene rings is 10. The monoisotopic (exact) mass is 1570 g/mol. The molecule has 10 rings (SSSR count). The van der Waals surface area contributed by atoms with E-state index in [9.17, 15) is 0 Å². The third-order valence-corrected chi connectivity index (χ3v) is 18.9. The Morgan fingerprint density at radius 2 is 0.264 bits per heavy atom. The first-order valence-electron chi connectivity index (χ1n) is 38.4. The van der Waals surface area contributed by atoms with Gasteiger partial charge in [-0.2, -0.15) is 0 Å². The molecular formula is C100H115F5S5. The molecule has 0 aliphatic heterocycles. The zero-order valence-electron chi connectivity index (χ0n) is 65.0. The van der Waals surface area contributed by atoms with Crippen molar-refractivity contribution in [1.29, 1.82) is 0 Å². The van der Waals surface area contributed by atoms with Gasteiger partial charge in [0, 0.05) is 80.1 Å². The minimum Gasteiger partial charge on any atom is -0.269 e. The van der Waals surface area contributed by atoms with Crippen molar-refractivity contribution >= 4 is 63.1 Å². The van der Waals surface area contributed by atoms with Gasteiger partial charge in [-0.3, -0.25) is 23.5 Å². The number of halogens is 5. The highest BCUT2D eigenvalue weighted by Crippen LogP contribution is 2.18. The van der Waals surface area contributed by atoms with Gasteiger partial charge in [-0.25, -0.2) is 0 Å². The second kappa shape index (κ2) is 62.1. The van der Waals surface area contributed by atoms with Crippen LogP contribution in [0.3, 0.4) is 0 Å². The molecule has 0 aromatic heterocycles. The Balaban J connectivity index is 0.000000680. The molecule has 580 valence electrons. The molecule has 110 heavy (non-hydrogen) atoms. The summed E-state index contributed by atoms with van der Waals surface area (Å²) in [5.41, 5.74) is 17.5. The second-order valence-electron chi connectivity index (χ2n) is 26.5. The second-order valence-corrected chi connectivity index (χ2v) is 29.1. The molecule has 0 unspecified atom stereocenters. The number of hydrogen-bond acceptors (Lipinski definition) is 5. The highest BCUT2D eigenvalue weighted by atomic mass is 32.1. The molecule has 10 aromatic carbocycles. The Kier molecular flexibility index (Phi) is 56.1. The van der Waals surface area contributed by atoms with Crippen LogP contribution in [0.4, 0.5) is 23.5 Å². The number of unbranched alkanes of at least 4 members (excludes halogenated alkanes) is 15. The van der Waals surface area contributed by atoms with Crippen LogP contribution in [0, 0.1) is 59.2 Å². The van der Waals surface area contributed by atoms with E-state index < -0.39 is 0 Å². The molecule has 0 spiro atoms. The molecule has 0 aliphatic carbocycles. The first-order valence-corrected chi connectivity index (χ1v) is 40.6. The van der Waals surface area contributed by atoms with E-state index >= 15 is 0 Å². The Hall–Kier alpha value is -8.60. The van der Waals surface area contributed by atoms with Gasteiger partial charge in [0.1, 0.15) is 0 Å². The fraction of sp³-hybridized carbons (Fsp3) is 0.300. The van der Waals surface area contributed by atoms with Crippen LogP contribution in [0.1, 0.15) is 246 Å². The van der Waals surface area contributed by atoms with E-state index in [0.29, 0.717) is 0 Å². The average molecular weight is 1570 g/mol. The molecule has 0 bridgehead atoms. The maximum Gasteiger partial charge on any atom is 0.0249 e. The fourth-order valence-electron chi connectivity index (χ4n) is 11.0. The number of aryl methyl sites for hydroxylation is 5. The minimum absolute atomic E-state index is 0. The summed E-state index contributed by atoms with van der Waals surface area (Å²) < 4.78 is 0. The largest absolute Gasteiger partial charge is 0.269 e. The van der Waals surface area contributed by atoms with Crippen molar-refractivity contribution in [1.82, 2.24) is 0 Å². The lowest BCUT2D eigenvalue weighted by Crippen LogP contribution is -1.86. The van der Waals surface area contributed by atoms with Crippen molar-refractivity contribution in [3.05, 3.63) is 326 Å². The number of hydrogen-bond donors (Lipinski definition) is 5. The summed E-state index contributed by atoms with van der Waals surface area (Å²) in [6.45, 7) is 11.2. The lowest BCUT2D eigenvalue weighted by Gasteiger charge is -2.01. The summed E-state index contributed by atoms with van der Waals surface area (Å²) in [7, 11) is 0. The van der Waals surface area contributed by atoms with Crippen LogP contribution in [0.2, 0.25) is 0 Å². The zero-order chi connectivity index (χ0) is 74.6. The van der Waals surface area contributed by atoms with Gasteiger partial charge in [-0.1, -0.05) is 251 Å². The van der Waals surface area contributed by atoms with Gasteiger partial charge < -0.3 is 0 Å². The third kappa shape index (κ3) is 44.9. The maximum absolute atomic E-state index is 4.27. The van der Waals surface area contributed by atoms with E-state index in [1.807, 2.05) is 121 Å². The molecule has 0 fully saturated rings. The van der Waals surface area contributed by atoms with Crippen molar-refractivity contribution < 1.29 is 23.5 Å². The van der Waals surface area contributed by atoms with E-state index in [1.54, 1.807) is 0 Å². The van der Waals surface area contributed by atoms with Crippen LogP contribution in [0.25, 0.3) is 0 Å². The summed E-state index contributed by atoms with van der Waals surface area (Å²) in [5.74, 6) is 32.0. The lowest BCUT2D eigenvalue weighted by molar-refractivity contribution is 0.667. The highest BCUT2D eigenvalue weighted by Gasteiger charge is 2.01. The molecule has 0 aliphatic rings. The summed E-state index contributed by atoms with van der Waals surface area (Å²) >= 11 is 21.4. The molecule has 10 aromatic rings. The minimum atomic E-state index is 0. The molecule has 0 nitrogen and oxygen atoms in total. The Morgan fingerprint density at radius 1 is 0.155 bits per heavy atom. The van der Waals surface area contributed by atoms with E-state index in [2.05, 4.69) is 278 Å². The van der Waals surface area contributed by atoms with E-state index in [0.717, 1.165) is 80.1 Å². The third-order valence-electron chi connectivity index (χ3n) is 17.5. The molecule has 0 atom stereocenters. The van der Waals surface area contributed by atoms with Gasteiger partial charge in [-0.05, 0) is 274 Å². The van der Waals surface area contributed by atoms with Crippen LogP contribution in [0.5, 0.6) is 0 Å². The molecule has 0 heterocycles. The van der Waals surface area contributed by atoms with Gasteiger partial charge in [0.05, 0.1) is 0 Å². The molecule has 0 saturated carbocycles. The summed E-state index contributed by atoms with van der Waals surface area (Å²) in [4.78, 5) is 4.83. The van der Waals surface area contributed by atoms with Gasteiger partial charge in [0.15, 0.2) is 0 Å². The van der Waals surface area contributed by atoms with Crippen molar-refractivity contribution in [2.45, 2.75) is 220 Å². The zero-order valence-corrected chi connectivity index (χ0v) is 69.5. The summed E-state index contributed by atoms with van der Waals surface area (Å²) in [5, 5.41) is 0. The van der Waals surface area contributed by atoms with Crippen molar-refractivity contribution in [3.8, 4) is 59.2 Å². The van der Waals surface area contributed by atoms with Crippen LogP contribution in [-0.4, -0.2) is 0 Å². The van der Waals surface area contributed by atoms with Crippen molar-refractivity contribution in [2.75, 3.05) is 0 Å². The summed E-state index contributed by atoms with van der Waals surface area (Å²) in [6, 6.07) is 82.8. The van der Waals surface area contributed by atoms with E-state index in [-0.39, 0.29) is 23.5 Å². The quantitative estimate of drug-likeness (QED) is 0.0160. The Morgan fingerprint density at radius 3 is 0.373 bits per heavy atom. The standard InChI is InChI=1S/5C20H22S.5FH/c5*1-2-3-4-5-6-17-7-9-18(10-8-17)11-12-19-13-15-20(21)16-14-19;;;;;/h5*7-10,13-16,21H,2-6H2,1H3;5*1H. The van der Waals surface area contributed by atoms with E-state index in [4.69, 9.17) is 0 Å². The normalized spacial score (nSPS) is 9.55. The molecule has 0 saturated heterocycles. The predicted octanol–water partition coefficient (Wildman–Crippen LogP) is 28.3. The van der Waals surface area contributed by atoms with E-state index in [1.165, 1.54) is 188 Å². The predicted molar refractivity (Wildman–Crippen MR) is 482 cm³/mol. The highest BCUT2D eigenvalue weighted by molar-refractivity contribution is 7.81. The molecule has 0 amide bonds. The van der Waals surface area contributed by atoms with Crippen LogP contribution < -0.4 is 0 Å². The number of rotatable bonds is 25. The van der Waals surface area contributed by atoms with Crippen LogP contribution >= 0.6 is 63.1 Å². The smallest absolute Gasteiger partial charge is 0.0249 e. The first kappa shape index (κ1) is 99.4. The Labute approximate surface area is 686 Å². The fourth-order valence-corrected chi connectivity index (χ4v) is 11.7. The SMILES string of the molecule is CCCCCCc1ccc(C#Cc2ccc(S)cc2)cc1.CCCCCCc1ccc(C#Cc2ccc(S)cc2)cc1.CCCCCCc1ccc(C#Cc2ccc(S)cc2)cc1.CCCCCCc1ccc(C#Cc2ccc(S)cc2)cc1.CCCCCCc1ccc(C#Cc2ccc(S)cc2)cc1.F.F.F.F.F. The Bertz CT molecular complexity index is 3680. The molecule has 10 heteroatoms. The van der Waals surface area contributed by atoms with Gasteiger partial charge in [0.25, 0.3) is 0 Å². The van der Waals surface area contributed by atoms with Crippen LogP contribution in [0.15, 0.2) is 267 Å². The topological polar surface area (TPSA) is 0 Å². The molecule has 0 radical (unpaired) electrons. The van der Waals surface area contributed by atoms with Crippen molar-refractivity contribution in [2.24, 2.45) is 0 Å². The summed E-state index contributed by atoms with van der Waals surface area (Å²) in [6.07, 6.45) is 32.2. The maximum atomic E-state index is 4.27. The van der Waals surface area contributed by atoms with Crippen molar-refractivity contribution in [3.63, 3.8) is 0 Å². The van der Waals surface area contributed by atoms with Gasteiger partial charge in [0.2, 0.25) is 0 Å². The average Bonchev–Trinajstić information content (AvgIpc) is 0.911. The lowest BCUT2D eigenvalue weighted by atomic mass is 10.0.